The van der Waals surface area contributed by atoms with E-state index >= 15 is 0 Å². The van der Waals surface area contributed by atoms with Gasteiger partial charge in [0.15, 0.2) is 0 Å². The molecule has 214 valence electrons. The molecule has 0 radical (unpaired) electrons. The number of phenolic OH excluding ortho intramolecular Hbond substituents is 1. The van der Waals surface area contributed by atoms with Crippen LogP contribution in [0.2, 0.25) is 0 Å². The summed E-state index contributed by atoms with van der Waals surface area (Å²) >= 11 is 0. The number of ether oxygens (including phenoxy) is 1. The van der Waals surface area contributed by atoms with Crippen molar-refractivity contribution < 1.29 is 34.2 Å². The number of carboxylic acids is 1. The number of hydrogen-bond acceptors (Lipinski definition) is 7. The zero-order valence-electron chi connectivity index (χ0n) is 24.9. The molecule has 8 heteroatoms. The summed E-state index contributed by atoms with van der Waals surface area (Å²) in [6, 6.07) is 3.97. The third kappa shape index (κ3) is 8.19. The number of carbonyl (C=O) groups is 3. The standard InChI is InChI=1S/C30H47NO7/c1-27(2,3)21-15-19(16-22(26(21)36)28(4,5)6)11-13-24(34)37-20-17-29(7,8)31(30(9,10)18-20)38-25(35)14-12-23(32)33/h15-16,20,36H,11-14,17-18H2,1-10H3,(H,32,33). The van der Waals surface area contributed by atoms with Gasteiger partial charge in [0.2, 0.25) is 0 Å². The number of benzene rings is 1. The lowest BCUT2D eigenvalue weighted by atomic mass is 9.78. The van der Waals surface area contributed by atoms with Crippen LogP contribution in [0.1, 0.15) is 118 Å². The molecule has 0 saturated carbocycles. The quantitative estimate of drug-likeness (QED) is 0.403. The summed E-state index contributed by atoms with van der Waals surface area (Å²) in [6.45, 7) is 20.0. The number of nitrogens with zero attached hydrogens (tertiary/aromatic N) is 1. The Morgan fingerprint density at radius 2 is 1.34 bits per heavy atom. The highest BCUT2D eigenvalue weighted by Crippen LogP contribution is 2.41. The van der Waals surface area contributed by atoms with Gasteiger partial charge in [0.05, 0.1) is 23.9 Å². The molecule has 0 amide bonds. The van der Waals surface area contributed by atoms with Gasteiger partial charge in [0.1, 0.15) is 11.9 Å². The van der Waals surface area contributed by atoms with E-state index in [1.54, 1.807) is 5.06 Å². The Balaban J connectivity index is 2.10. The zero-order chi connectivity index (χ0) is 29.3. The summed E-state index contributed by atoms with van der Waals surface area (Å²) in [5.74, 6) is -1.63. The first-order chi connectivity index (χ1) is 17.1. The molecule has 2 N–H and O–H groups in total. The first-order valence-electron chi connectivity index (χ1n) is 13.4. The predicted molar refractivity (Wildman–Crippen MR) is 146 cm³/mol. The van der Waals surface area contributed by atoms with Crippen LogP contribution in [0.4, 0.5) is 0 Å². The molecule has 1 heterocycles. The summed E-state index contributed by atoms with van der Waals surface area (Å²) in [5.41, 5.74) is 0.978. The van der Waals surface area contributed by atoms with E-state index in [2.05, 4.69) is 41.5 Å². The van der Waals surface area contributed by atoms with Gasteiger partial charge >= 0.3 is 17.9 Å². The number of aryl methyl sites for hydroxylation is 1. The number of rotatable bonds is 8. The lowest BCUT2D eigenvalue weighted by Crippen LogP contribution is -2.62. The number of hydrogen-bond donors (Lipinski definition) is 2. The van der Waals surface area contributed by atoms with Crippen molar-refractivity contribution in [3.05, 3.63) is 28.8 Å². The molecule has 2 rings (SSSR count). The predicted octanol–water partition coefficient (Wildman–Crippen LogP) is 5.81. The Labute approximate surface area is 227 Å². The molecule has 0 atom stereocenters. The number of carbonyl (C=O) groups excluding carboxylic acids is 2. The molecule has 0 bridgehead atoms. The van der Waals surface area contributed by atoms with Crippen LogP contribution in [-0.2, 0) is 41.2 Å². The molecule has 1 aromatic rings. The molecule has 38 heavy (non-hydrogen) atoms. The van der Waals surface area contributed by atoms with Crippen LogP contribution in [0.5, 0.6) is 5.75 Å². The van der Waals surface area contributed by atoms with Crippen molar-refractivity contribution in [1.82, 2.24) is 5.06 Å². The van der Waals surface area contributed by atoms with Crippen LogP contribution in [0.3, 0.4) is 0 Å². The maximum absolute atomic E-state index is 12.9. The lowest BCUT2D eigenvalue weighted by molar-refractivity contribution is -0.277. The van der Waals surface area contributed by atoms with E-state index in [0.29, 0.717) is 25.0 Å². The van der Waals surface area contributed by atoms with Crippen LogP contribution in [-0.4, -0.2) is 50.4 Å². The number of aromatic hydroxyl groups is 1. The smallest absolute Gasteiger partial charge is 0.325 e. The minimum atomic E-state index is -1.05. The molecular weight excluding hydrogens is 486 g/mol. The van der Waals surface area contributed by atoms with Gasteiger partial charge in [-0.25, -0.2) is 0 Å². The molecule has 1 aliphatic heterocycles. The van der Waals surface area contributed by atoms with Crippen molar-refractivity contribution in [3.8, 4) is 5.75 Å². The van der Waals surface area contributed by atoms with E-state index in [-0.39, 0.29) is 42.2 Å². The number of hydroxylamine groups is 2. The summed E-state index contributed by atoms with van der Waals surface area (Å²) in [7, 11) is 0. The van der Waals surface area contributed by atoms with Gasteiger partial charge in [-0.15, -0.1) is 5.06 Å². The number of aliphatic carboxylic acids is 1. The fraction of sp³-hybridized carbons (Fsp3) is 0.700. The summed E-state index contributed by atoms with van der Waals surface area (Å²) in [6.07, 6.45) is 0.800. The Morgan fingerprint density at radius 3 is 1.76 bits per heavy atom. The van der Waals surface area contributed by atoms with Crippen LogP contribution in [0, 0.1) is 0 Å². The fourth-order valence-electron chi connectivity index (χ4n) is 5.33. The molecule has 1 saturated heterocycles. The normalized spacial score (nSPS) is 18.2. The SMILES string of the molecule is CC(C)(C)c1cc(CCC(=O)OC2CC(C)(C)N(OC(=O)CCC(=O)O)C(C)(C)C2)cc(C(C)(C)C)c1O. The maximum Gasteiger partial charge on any atom is 0.325 e. The molecule has 0 aromatic heterocycles. The maximum atomic E-state index is 12.9. The second-order valence-corrected chi connectivity index (χ2v) is 13.8. The molecule has 1 aromatic carbocycles. The number of piperidine rings is 1. The number of carboxylic acid groups (broad SMARTS) is 1. The van der Waals surface area contributed by atoms with Crippen molar-refractivity contribution in [2.45, 2.75) is 136 Å². The van der Waals surface area contributed by atoms with Gasteiger partial charge in [-0.1, -0.05) is 53.7 Å². The van der Waals surface area contributed by atoms with Gasteiger partial charge in [-0.05, 0) is 61.6 Å². The van der Waals surface area contributed by atoms with Gasteiger partial charge in [0.25, 0.3) is 0 Å². The van der Waals surface area contributed by atoms with E-state index in [9.17, 15) is 19.5 Å². The van der Waals surface area contributed by atoms with Crippen LogP contribution in [0.15, 0.2) is 12.1 Å². The summed E-state index contributed by atoms with van der Waals surface area (Å²) in [5, 5.41) is 21.4. The Morgan fingerprint density at radius 1 is 0.868 bits per heavy atom. The molecule has 1 fully saturated rings. The third-order valence-electron chi connectivity index (χ3n) is 6.99. The van der Waals surface area contributed by atoms with Gasteiger partial charge < -0.3 is 19.8 Å². The minimum absolute atomic E-state index is 0.207. The van der Waals surface area contributed by atoms with E-state index in [0.717, 1.165) is 16.7 Å². The Hall–Kier alpha value is -2.61. The van der Waals surface area contributed by atoms with Gasteiger partial charge in [-0.3, -0.25) is 14.4 Å². The largest absolute Gasteiger partial charge is 0.507 e. The highest BCUT2D eigenvalue weighted by molar-refractivity contribution is 5.76. The molecule has 0 spiro atoms. The molecule has 0 unspecified atom stereocenters. The minimum Gasteiger partial charge on any atom is -0.507 e. The van der Waals surface area contributed by atoms with Crippen LogP contribution < -0.4 is 0 Å². The van der Waals surface area contributed by atoms with Crippen molar-refractivity contribution in [2.75, 3.05) is 0 Å². The van der Waals surface area contributed by atoms with E-state index in [1.807, 2.05) is 39.8 Å². The average molecular weight is 534 g/mol. The number of phenols is 1. The van der Waals surface area contributed by atoms with Crippen molar-refractivity contribution >= 4 is 17.9 Å². The van der Waals surface area contributed by atoms with Gasteiger partial charge in [-0.2, -0.15) is 0 Å². The topological polar surface area (TPSA) is 113 Å². The summed E-state index contributed by atoms with van der Waals surface area (Å²) in [4.78, 5) is 41.5. The third-order valence-corrected chi connectivity index (χ3v) is 6.99. The van der Waals surface area contributed by atoms with E-state index in [4.69, 9.17) is 14.7 Å². The second kappa shape index (κ2) is 11.2. The zero-order valence-corrected chi connectivity index (χ0v) is 24.9. The monoisotopic (exact) mass is 533 g/mol. The average Bonchev–Trinajstić information content (AvgIpc) is 2.71. The van der Waals surface area contributed by atoms with Crippen molar-refractivity contribution in [1.29, 1.82) is 0 Å². The fourth-order valence-corrected chi connectivity index (χ4v) is 5.33. The first kappa shape index (κ1) is 31.6. The van der Waals surface area contributed by atoms with Crippen LogP contribution in [0.25, 0.3) is 0 Å². The Bertz CT molecular complexity index is 991. The molecular formula is C30H47NO7. The first-order valence-corrected chi connectivity index (χ1v) is 13.4. The van der Waals surface area contributed by atoms with E-state index in [1.165, 1.54) is 0 Å². The summed E-state index contributed by atoms with van der Waals surface area (Å²) < 4.78 is 5.90. The van der Waals surface area contributed by atoms with Crippen molar-refractivity contribution in [2.24, 2.45) is 0 Å². The lowest BCUT2D eigenvalue weighted by Gasteiger charge is -2.52. The molecule has 8 nitrogen and oxygen atoms in total. The highest BCUT2D eigenvalue weighted by atomic mass is 16.7. The molecule has 0 aliphatic carbocycles. The highest BCUT2D eigenvalue weighted by Gasteiger charge is 2.49. The van der Waals surface area contributed by atoms with Gasteiger partial charge in [0, 0.05) is 19.3 Å². The van der Waals surface area contributed by atoms with E-state index < -0.39 is 23.0 Å². The number of esters is 1. The Kier molecular flexibility index (Phi) is 9.35. The second-order valence-electron chi connectivity index (χ2n) is 13.8. The van der Waals surface area contributed by atoms with Crippen LogP contribution >= 0.6 is 0 Å². The molecule has 1 aliphatic rings. The van der Waals surface area contributed by atoms with Crippen molar-refractivity contribution in [3.63, 3.8) is 0 Å².